The summed E-state index contributed by atoms with van der Waals surface area (Å²) in [6.45, 7) is 1.66. The number of halogens is 1. The minimum atomic E-state index is -0.589. The number of carbonyl (C=O) groups excluding carboxylic acids is 1. The number of rotatable bonds is 3. The number of benzene rings is 1. The van der Waals surface area contributed by atoms with E-state index in [2.05, 4.69) is 0 Å². The van der Waals surface area contributed by atoms with Crippen molar-refractivity contribution in [3.63, 3.8) is 0 Å². The van der Waals surface area contributed by atoms with E-state index in [-0.39, 0.29) is 5.91 Å². The van der Waals surface area contributed by atoms with Crippen LogP contribution >= 0.6 is 11.6 Å². The molecule has 2 rings (SSSR count). The zero-order chi connectivity index (χ0) is 13.0. The number of hydrogen-bond donors (Lipinski definition) is 0. The Hall–Kier alpha value is -1.22. The number of ether oxygens (including phenoxy) is 1. The SMILES string of the molecule is COc1ccc(C(Cl)C(=O)N2CCCCC2)cc1. The van der Waals surface area contributed by atoms with Crippen molar-refractivity contribution in [1.29, 1.82) is 0 Å². The molecule has 3 nitrogen and oxygen atoms in total. The summed E-state index contributed by atoms with van der Waals surface area (Å²) in [5, 5.41) is -0.589. The maximum Gasteiger partial charge on any atom is 0.245 e. The number of nitrogens with zero attached hydrogens (tertiary/aromatic N) is 1. The van der Waals surface area contributed by atoms with Crippen molar-refractivity contribution in [3.8, 4) is 5.75 Å². The van der Waals surface area contributed by atoms with Gasteiger partial charge in [0.25, 0.3) is 0 Å². The monoisotopic (exact) mass is 267 g/mol. The van der Waals surface area contributed by atoms with E-state index in [0.717, 1.165) is 37.2 Å². The third kappa shape index (κ3) is 2.96. The van der Waals surface area contributed by atoms with Crippen molar-refractivity contribution in [2.45, 2.75) is 24.6 Å². The molecule has 1 aliphatic rings. The molecule has 0 saturated carbocycles. The predicted octanol–water partition coefficient (Wildman–Crippen LogP) is 2.99. The average molecular weight is 268 g/mol. The first-order chi connectivity index (χ1) is 8.72. The van der Waals surface area contributed by atoms with E-state index in [1.807, 2.05) is 29.2 Å². The number of likely N-dealkylation sites (tertiary alicyclic amines) is 1. The van der Waals surface area contributed by atoms with Crippen molar-refractivity contribution in [3.05, 3.63) is 29.8 Å². The largest absolute Gasteiger partial charge is 0.497 e. The molecule has 1 fully saturated rings. The second-order valence-electron chi connectivity index (χ2n) is 4.52. The summed E-state index contributed by atoms with van der Waals surface area (Å²) in [5.41, 5.74) is 0.827. The lowest BCUT2D eigenvalue weighted by atomic mass is 10.1. The molecule has 18 heavy (non-hydrogen) atoms. The van der Waals surface area contributed by atoms with Gasteiger partial charge >= 0.3 is 0 Å². The zero-order valence-corrected chi connectivity index (χ0v) is 11.3. The Labute approximate surface area is 113 Å². The molecule has 0 N–H and O–H groups in total. The lowest BCUT2D eigenvalue weighted by Gasteiger charge is -2.28. The molecule has 4 heteroatoms. The highest BCUT2D eigenvalue weighted by Crippen LogP contribution is 2.26. The van der Waals surface area contributed by atoms with Crippen LogP contribution in [0.25, 0.3) is 0 Å². The first-order valence-electron chi connectivity index (χ1n) is 6.29. The fraction of sp³-hybridized carbons (Fsp3) is 0.500. The van der Waals surface area contributed by atoms with Gasteiger partial charge in [-0.1, -0.05) is 12.1 Å². The summed E-state index contributed by atoms with van der Waals surface area (Å²) in [5.74, 6) is 0.787. The van der Waals surface area contributed by atoms with Crippen molar-refractivity contribution < 1.29 is 9.53 Å². The normalized spacial score (nSPS) is 17.3. The summed E-state index contributed by atoms with van der Waals surface area (Å²) >= 11 is 6.25. The van der Waals surface area contributed by atoms with E-state index in [1.165, 1.54) is 6.42 Å². The van der Waals surface area contributed by atoms with Gasteiger partial charge in [0.1, 0.15) is 11.1 Å². The lowest BCUT2D eigenvalue weighted by molar-refractivity contribution is -0.131. The maximum absolute atomic E-state index is 12.2. The molecule has 98 valence electrons. The van der Waals surface area contributed by atoms with Crippen molar-refractivity contribution in [2.75, 3.05) is 20.2 Å². The van der Waals surface area contributed by atoms with Gasteiger partial charge in [0.15, 0.2) is 0 Å². The molecule has 1 unspecified atom stereocenters. The number of hydrogen-bond acceptors (Lipinski definition) is 2. The van der Waals surface area contributed by atoms with Gasteiger partial charge in [-0.05, 0) is 37.0 Å². The van der Waals surface area contributed by atoms with E-state index >= 15 is 0 Å². The van der Waals surface area contributed by atoms with Crippen LogP contribution in [-0.4, -0.2) is 31.0 Å². The summed E-state index contributed by atoms with van der Waals surface area (Å²) in [4.78, 5) is 14.1. The Bertz CT molecular complexity index is 399. The molecule has 0 aromatic heterocycles. The fourth-order valence-electron chi connectivity index (χ4n) is 2.19. The highest BCUT2D eigenvalue weighted by Gasteiger charge is 2.24. The van der Waals surface area contributed by atoms with E-state index in [1.54, 1.807) is 7.11 Å². The standard InChI is InChI=1S/C14H18ClNO2/c1-18-12-7-5-11(6-8-12)13(15)14(17)16-9-3-2-4-10-16/h5-8,13H,2-4,9-10H2,1H3. The van der Waals surface area contributed by atoms with Gasteiger partial charge in [0.2, 0.25) is 5.91 Å². The Morgan fingerprint density at radius 3 is 2.39 bits per heavy atom. The van der Waals surface area contributed by atoms with E-state index in [4.69, 9.17) is 16.3 Å². The number of alkyl halides is 1. The molecule has 1 aliphatic heterocycles. The number of methoxy groups -OCH3 is 1. The fourth-order valence-corrected chi connectivity index (χ4v) is 2.47. The van der Waals surface area contributed by atoms with Gasteiger partial charge in [0.05, 0.1) is 7.11 Å². The molecule has 0 aliphatic carbocycles. The minimum Gasteiger partial charge on any atom is -0.497 e. The Balaban J connectivity index is 2.04. The quantitative estimate of drug-likeness (QED) is 0.788. The predicted molar refractivity (Wildman–Crippen MR) is 72.0 cm³/mol. The summed E-state index contributed by atoms with van der Waals surface area (Å²) in [6.07, 6.45) is 3.37. The smallest absolute Gasteiger partial charge is 0.245 e. The molecule has 0 radical (unpaired) electrons. The average Bonchev–Trinajstić information content (AvgIpc) is 2.47. The third-order valence-electron chi connectivity index (χ3n) is 3.29. The first kappa shape index (κ1) is 13.2. The molecular weight excluding hydrogens is 250 g/mol. The van der Waals surface area contributed by atoms with E-state index < -0.39 is 5.38 Å². The zero-order valence-electron chi connectivity index (χ0n) is 10.6. The summed E-state index contributed by atoms with van der Waals surface area (Å²) < 4.78 is 5.09. The van der Waals surface area contributed by atoms with Gasteiger partial charge < -0.3 is 9.64 Å². The van der Waals surface area contributed by atoms with Crippen LogP contribution in [0.2, 0.25) is 0 Å². The molecule has 1 heterocycles. The van der Waals surface area contributed by atoms with Crippen LogP contribution in [0.5, 0.6) is 5.75 Å². The lowest BCUT2D eigenvalue weighted by Crippen LogP contribution is -2.37. The molecule has 1 amide bonds. The third-order valence-corrected chi connectivity index (χ3v) is 3.73. The summed E-state index contributed by atoms with van der Waals surface area (Å²) in [6, 6.07) is 7.35. The van der Waals surface area contributed by atoms with Crippen LogP contribution in [0.4, 0.5) is 0 Å². The van der Waals surface area contributed by atoms with Crippen molar-refractivity contribution >= 4 is 17.5 Å². The van der Waals surface area contributed by atoms with Crippen LogP contribution in [0.1, 0.15) is 30.2 Å². The number of carbonyl (C=O) groups is 1. The van der Waals surface area contributed by atoms with Gasteiger partial charge in [-0.2, -0.15) is 0 Å². The molecule has 0 spiro atoms. The topological polar surface area (TPSA) is 29.5 Å². The van der Waals surface area contributed by atoms with Gasteiger partial charge in [-0.3, -0.25) is 4.79 Å². The minimum absolute atomic E-state index is 0.0153. The van der Waals surface area contributed by atoms with Crippen LogP contribution in [-0.2, 0) is 4.79 Å². The maximum atomic E-state index is 12.2. The molecule has 1 aromatic rings. The molecule has 1 atom stereocenters. The van der Waals surface area contributed by atoms with Crippen LogP contribution in [0.15, 0.2) is 24.3 Å². The van der Waals surface area contributed by atoms with Crippen LogP contribution in [0.3, 0.4) is 0 Å². The second-order valence-corrected chi connectivity index (χ2v) is 4.96. The van der Waals surface area contributed by atoms with E-state index in [0.29, 0.717) is 0 Å². The van der Waals surface area contributed by atoms with Crippen molar-refractivity contribution in [1.82, 2.24) is 4.90 Å². The Morgan fingerprint density at radius 2 is 1.83 bits per heavy atom. The van der Waals surface area contributed by atoms with Gasteiger partial charge in [0, 0.05) is 13.1 Å². The highest BCUT2D eigenvalue weighted by molar-refractivity contribution is 6.30. The molecular formula is C14H18ClNO2. The molecule has 1 aromatic carbocycles. The summed E-state index contributed by atoms with van der Waals surface area (Å²) in [7, 11) is 1.62. The molecule has 1 saturated heterocycles. The highest BCUT2D eigenvalue weighted by atomic mass is 35.5. The Kier molecular flexibility index (Phi) is 4.48. The molecule has 0 bridgehead atoms. The van der Waals surface area contributed by atoms with Gasteiger partial charge in [-0.25, -0.2) is 0 Å². The van der Waals surface area contributed by atoms with Crippen LogP contribution in [0, 0.1) is 0 Å². The number of amides is 1. The van der Waals surface area contributed by atoms with E-state index in [9.17, 15) is 4.79 Å². The van der Waals surface area contributed by atoms with Crippen LogP contribution < -0.4 is 4.74 Å². The Morgan fingerprint density at radius 1 is 1.22 bits per heavy atom. The van der Waals surface area contributed by atoms with Crippen molar-refractivity contribution in [2.24, 2.45) is 0 Å². The van der Waals surface area contributed by atoms with Gasteiger partial charge in [-0.15, -0.1) is 11.6 Å². The second kappa shape index (κ2) is 6.10. The first-order valence-corrected chi connectivity index (χ1v) is 6.73. The number of piperidine rings is 1.